The Bertz CT molecular complexity index is 173. The topological polar surface area (TPSA) is 27.0 Å². The lowest BCUT2D eigenvalue weighted by Gasteiger charge is -2.36. The minimum atomic E-state index is 0.00563. The first kappa shape index (κ1) is 9.54. The van der Waals surface area contributed by atoms with E-state index in [1.807, 2.05) is 0 Å². The van der Waals surface area contributed by atoms with Crippen LogP contribution in [0.3, 0.4) is 0 Å². The van der Waals surface area contributed by atoms with Crippen molar-refractivity contribution < 1.29 is 0 Å². The summed E-state index contributed by atoms with van der Waals surface area (Å²) in [5.74, 6) is 0. The first-order chi connectivity index (χ1) is 5.76. The average Bonchev–Trinajstić information content (AvgIpc) is 2.18. The molecular formula is C10H18N2. The number of hydrogen-bond donors (Lipinski definition) is 0. The number of hydrogen-bond acceptors (Lipinski definition) is 2. The predicted octanol–water partition coefficient (Wildman–Crippen LogP) is 2.02. The van der Waals surface area contributed by atoms with Crippen molar-refractivity contribution >= 4 is 0 Å². The molecule has 0 radical (unpaired) electrons. The van der Waals surface area contributed by atoms with Gasteiger partial charge in [0, 0.05) is 0 Å². The zero-order valence-electron chi connectivity index (χ0n) is 8.14. The minimum Gasteiger partial charge on any atom is -0.303 e. The van der Waals surface area contributed by atoms with Gasteiger partial charge in [-0.25, -0.2) is 0 Å². The molecule has 0 atom stereocenters. The molecule has 0 amide bonds. The van der Waals surface area contributed by atoms with Crippen molar-refractivity contribution in [3.63, 3.8) is 0 Å². The van der Waals surface area contributed by atoms with Crippen LogP contribution in [0.2, 0.25) is 0 Å². The van der Waals surface area contributed by atoms with Crippen LogP contribution in [0.1, 0.15) is 33.1 Å². The van der Waals surface area contributed by atoms with E-state index in [9.17, 15) is 0 Å². The Kier molecular flexibility index (Phi) is 3.11. The molecule has 0 N–H and O–H groups in total. The molecule has 0 bridgehead atoms. The van der Waals surface area contributed by atoms with Gasteiger partial charge in [-0.15, -0.1) is 0 Å². The van der Waals surface area contributed by atoms with E-state index in [2.05, 4.69) is 24.8 Å². The van der Waals surface area contributed by atoms with Gasteiger partial charge in [-0.05, 0) is 38.9 Å². The van der Waals surface area contributed by atoms with Crippen LogP contribution >= 0.6 is 0 Å². The fraction of sp³-hybridized carbons (Fsp3) is 0.900. The predicted molar refractivity (Wildman–Crippen MR) is 49.7 cm³/mol. The Morgan fingerprint density at radius 3 is 2.25 bits per heavy atom. The summed E-state index contributed by atoms with van der Waals surface area (Å²) in [6.45, 7) is 7.66. The van der Waals surface area contributed by atoms with E-state index in [1.165, 1.54) is 0 Å². The Morgan fingerprint density at radius 2 is 1.92 bits per heavy atom. The smallest absolute Gasteiger partial charge is 0.0690 e. The maximum absolute atomic E-state index is 9.03. The number of nitriles is 1. The van der Waals surface area contributed by atoms with Gasteiger partial charge in [0.2, 0.25) is 0 Å². The molecule has 1 aliphatic heterocycles. The Hall–Kier alpha value is -0.550. The van der Waals surface area contributed by atoms with E-state index in [-0.39, 0.29) is 5.41 Å². The molecular weight excluding hydrogens is 148 g/mol. The van der Waals surface area contributed by atoms with Crippen molar-refractivity contribution in [3.8, 4) is 6.07 Å². The highest BCUT2D eigenvalue weighted by molar-refractivity contribution is 5.00. The average molecular weight is 166 g/mol. The molecule has 0 spiro atoms. The third kappa shape index (κ3) is 1.78. The standard InChI is InChI=1S/C10H18N2/c1-3-10(9-11)5-7-12(4-2)8-6-10/h3-8H2,1-2H3. The molecule has 0 aromatic rings. The van der Waals surface area contributed by atoms with E-state index < -0.39 is 0 Å². The minimum absolute atomic E-state index is 0.00563. The molecule has 2 nitrogen and oxygen atoms in total. The van der Waals surface area contributed by atoms with Gasteiger partial charge in [-0.3, -0.25) is 0 Å². The zero-order chi connectivity index (χ0) is 9.03. The number of likely N-dealkylation sites (tertiary alicyclic amines) is 1. The molecule has 0 aliphatic carbocycles. The maximum Gasteiger partial charge on any atom is 0.0690 e. The summed E-state index contributed by atoms with van der Waals surface area (Å²) in [6.07, 6.45) is 3.14. The SMILES string of the molecule is CCN1CCC(C#N)(CC)CC1. The molecule has 1 fully saturated rings. The van der Waals surface area contributed by atoms with E-state index in [1.54, 1.807) is 0 Å². The summed E-state index contributed by atoms with van der Waals surface area (Å²) in [5.41, 5.74) is 0.00563. The molecule has 1 heterocycles. The van der Waals surface area contributed by atoms with Crippen LogP contribution in [-0.2, 0) is 0 Å². The summed E-state index contributed by atoms with van der Waals surface area (Å²) in [7, 11) is 0. The van der Waals surface area contributed by atoms with Crippen molar-refractivity contribution in [2.24, 2.45) is 5.41 Å². The normalized spacial score (nSPS) is 23.4. The monoisotopic (exact) mass is 166 g/mol. The van der Waals surface area contributed by atoms with Crippen LogP contribution in [0, 0.1) is 16.7 Å². The second kappa shape index (κ2) is 3.91. The molecule has 0 saturated carbocycles. The highest BCUT2D eigenvalue weighted by Crippen LogP contribution is 2.33. The second-order valence-electron chi connectivity index (χ2n) is 3.68. The third-order valence-corrected chi connectivity index (χ3v) is 3.17. The van der Waals surface area contributed by atoms with E-state index in [0.29, 0.717) is 0 Å². The Morgan fingerprint density at radius 1 is 1.33 bits per heavy atom. The summed E-state index contributed by atoms with van der Waals surface area (Å²) < 4.78 is 0. The molecule has 0 aromatic carbocycles. The third-order valence-electron chi connectivity index (χ3n) is 3.17. The Labute approximate surface area is 75.2 Å². The zero-order valence-corrected chi connectivity index (χ0v) is 8.14. The summed E-state index contributed by atoms with van der Waals surface area (Å²) >= 11 is 0. The van der Waals surface area contributed by atoms with Crippen LogP contribution in [0.4, 0.5) is 0 Å². The lowest BCUT2D eigenvalue weighted by atomic mass is 9.78. The highest BCUT2D eigenvalue weighted by Gasteiger charge is 2.32. The molecule has 1 saturated heterocycles. The van der Waals surface area contributed by atoms with Gasteiger partial charge >= 0.3 is 0 Å². The van der Waals surface area contributed by atoms with Gasteiger partial charge < -0.3 is 4.90 Å². The fourth-order valence-electron chi connectivity index (χ4n) is 1.84. The van der Waals surface area contributed by atoms with E-state index >= 15 is 0 Å². The van der Waals surface area contributed by atoms with Gasteiger partial charge in [0.25, 0.3) is 0 Å². The van der Waals surface area contributed by atoms with E-state index in [0.717, 1.165) is 38.9 Å². The van der Waals surface area contributed by atoms with Crippen LogP contribution in [-0.4, -0.2) is 24.5 Å². The van der Waals surface area contributed by atoms with Crippen LogP contribution in [0.25, 0.3) is 0 Å². The van der Waals surface area contributed by atoms with Crippen molar-refractivity contribution in [3.05, 3.63) is 0 Å². The van der Waals surface area contributed by atoms with Crippen molar-refractivity contribution in [2.75, 3.05) is 19.6 Å². The molecule has 0 unspecified atom stereocenters. The first-order valence-corrected chi connectivity index (χ1v) is 4.90. The van der Waals surface area contributed by atoms with Crippen molar-refractivity contribution in [1.29, 1.82) is 5.26 Å². The molecule has 2 heteroatoms. The number of nitrogens with zero attached hydrogens (tertiary/aromatic N) is 2. The summed E-state index contributed by atoms with van der Waals surface area (Å²) in [5, 5.41) is 9.03. The van der Waals surface area contributed by atoms with Gasteiger partial charge in [-0.1, -0.05) is 13.8 Å². The van der Waals surface area contributed by atoms with Gasteiger partial charge in [0.1, 0.15) is 0 Å². The van der Waals surface area contributed by atoms with Crippen molar-refractivity contribution in [2.45, 2.75) is 33.1 Å². The Balaban J connectivity index is 2.49. The second-order valence-corrected chi connectivity index (χ2v) is 3.68. The lowest BCUT2D eigenvalue weighted by molar-refractivity contribution is 0.147. The quantitative estimate of drug-likeness (QED) is 0.627. The van der Waals surface area contributed by atoms with Gasteiger partial charge in [0.05, 0.1) is 11.5 Å². The molecule has 1 aliphatic rings. The van der Waals surface area contributed by atoms with Gasteiger partial charge in [-0.2, -0.15) is 5.26 Å². The van der Waals surface area contributed by atoms with Crippen LogP contribution in [0.5, 0.6) is 0 Å². The largest absolute Gasteiger partial charge is 0.303 e. The number of piperidine rings is 1. The number of rotatable bonds is 2. The van der Waals surface area contributed by atoms with Crippen LogP contribution < -0.4 is 0 Å². The summed E-state index contributed by atoms with van der Waals surface area (Å²) in [4.78, 5) is 2.42. The first-order valence-electron chi connectivity index (χ1n) is 4.90. The van der Waals surface area contributed by atoms with Crippen LogP contribution in [0.15, 0.2) is 0 Å². The van der Waals surface area contributed by atoms with E-state index in [4.69, 9.17) is 5.26 Å². The van der Waals surface area contributed by atoms with Gasteiger partial charge in [0.15, 0.2) is 0 Å². The summed E-state index contributed by atoms with van der Waals surface area (Å²) in [6, 6.07) is 2.49. The molecule has 0 aromatic heterocycles. The fourth-order valence-corrected chi connectivity index (χ4v) is 1.84. The molecule has 12 heavy (non-hydrogen) atoms. The maximum atomic E-state index is 9.03. The molecule has 68 valence electrons. The lowest BCUT2D eigenvalue weighted by Crippen LogP contribution is -2.38. The van der Waals surface area contributed by atoms with Crippen molar-refractivity contribution in [1.82, 2.24) is 4.90 Å². The molecule has 1 rings (SSSR count). The highest BCUT2D eigenvalue weighted by atomic mass is 15.1.